The molecule has 0 saturated heterocycles. The lowest BCUT2D eigenvalue weighted by molar-refractivity contribution is 0.0966. The summed E-state index contributed by atoms with van der Waals surface area (Å²) < 4.78 is 1.58. The molecule has 0 atom stereocenters. The number of ketones is 2. The third-order valence-corrected chi connectivity index (χ3v) is 3.62. The maximum atomic E-state index is 12.6. The average Bonchev–Trinajstić information content (AvgIpc) is 3.25. The summed E-state index contributed by atoms with van der Waals surface area (Å²) in [5.41, 5.74) is 1.76. The summed E-state index contributed by atoms with van der Waals surface area (Å²) in [4.78, 5) is 26.4. The van der Waals surface area contributed by atoms with Gasteiger partial charge in [-0.15, -0.1) is 0 Å². The highest BCUT2D eigenvalue weighted by atomic mass is 16.3. The minimum Gasteiger partial charge on any atom is -0.392 e. The van der Waals surface area contributed by atoms with Gasteiger partial charge in [-0.25, -0.2) is 0 Å². The predicted octanol–water partition coefficient (Wildman–Crippen LogP) is 0.573. The molecule has 1 aromatic heterocycles. The second kappa shape index (κ2) is 4.83. The van der Waals surface area contributed by atoms with Crippen LogP contribution in [0.1, 0.15) is 32.1 Å². The first-order chi connectivity index (χ1) is 10.1. The van der Waals surface area contributed by atoms with Gasteiger partial charge in [0.1, 0.15) is 5.69 Å². The van der Waals surface area contributed by atoms with E-state index in [-0.39, 0.29) is 36.0 Å². The summed E-state index contributed by atoms with van der Waals surface area (Å²) in [7, 11) is 1.66. The Balaban J connectivity index is 2.19. The third-order valence-electron chi connectivity index (χ3n) is 3.62. The molecule has 1 aromatic rings. The summed E-state index contributed by atoms with van der Waals surface area (Å²) in [6, 6.07) is 0. The molecule has 2 heterocycles. The van der Waals surface area contributed by atoms with Gasteiger partial charge in [0.15, 0.2) is 0 Å². The molecule has 1 aliphatic carbocycles. The monoisotopic (exact) mass is 286 g/mol. The zero-order chi connectivity index (χ0) is 15.1. The third kappa shape index (κ3) is 1.96. The Morgan fingerprint density at radius 1 is 1.24 bits per heavy atom. The minimum atomic E-state index is -0.353. The van der Waals surface area contributed by atoms with Crippen molar-refractivity contribution in [3.8, 4) is 0 Å². The number of hydrogen-bond acceptors (Lipinski definition) is 5. The number of aliphatic hydroxyl groups is 2. The second-order valence-corrected chi connectivity index (χ2v) is 4.82. The van der Waals surface area contributed by atoms with E-state index in [2.05, 4.69) is 0 Å². The lowest BCUT2D eigenvalue weighted by Crippen LogP contribution is -2.22. The summed E-state index contributed by atoms with van der Waals surface area (Å²) >= 11 is 0. The fourth-order valence-corrected chi connectivity index (χ4v) is 2.60. The standard InChI is InChI=1S/C15H14N2O4/c1-16-10(3-2-6-18)9(8-19)13-14(16)12(20)7-11(15(13)21)17-4-5-17/h2-5,7,18-19H,6,8H2,1H3. The molecule has 0 fully saturated rings. The Morgan fingerprint density at radius 2 is 1.95 bits per heavy atom. The second-order valence-electron chi connectivity index (χ2n) is 4.82. The van der Waals surface area contributed by atoms with Crippen molar-refractivity contribution in [2.24, 2.45) is 7.05 Å². The highest BCUT2D eigenvalue weighted by Crippen LogP contribution is 2.33. The summed E-state index contributed by atoms with van der Waals surface area (Å²) in [5.74, 6) is -0.549. The Hall–Kier alpha value is -2.44. The molecule has 2 N–H and O–H groups in total. The largest absolute Gasteiger partial charge is 0.392 e. The summed E-state index contributed by atoms with van der Waals surface area (Å²) in [5, 5.41) is 18.5. The maximum Gasteiger partial charge on any atom is 0.212 e. The summed E-state index contributed by atoms with van der Waals surface area (Å²) in [6.07, 6.45) is 7.78. The van der Waals surface area contributed by atoms with Crippen LogP contribution in [-0.2, 0) is 13.7 Å². The van der Waals surface area contributed by atoms with Crippen molar-refractivity contribution in [1.29, 1.82) is 0 Å². The lowest BCUT2D eigenvalue weighted by Gasteiger charge is -2.14. The molecule has 0 bridgehead atoms. The van der Waals surface area contributed by atoms with Gasteiger partial charge in [-0.05, 0) is 6.08 Å². The van der Waals surface area contributed by atoms with Gasteiger partial charge in [-0.2, -0.15) is 0 Å². The van der Waals surface area contributed by atoms with E-state index >= 15 is 0 Å². The van der Waals surface area contributed by atoms with Gasteiger partial charge in [-0.1, -0.05) is 6.08 Å². The first-order valence-electron chi connectivity index (χ1n) is 6.47. The van der Waals surface area contributed by atoms with E-state index in [1.807, 2.05) is 0 Å². The summed E-state index contributed by atoms with van der Waals surface area (Å²) in [6.45, 7) is -0.516. The van der Waals surface area contributed by atoms with Crippen LogP contribution >= 0.6 is 0 Å². The van der Waals surface area contributed by atoms with Gasteiger partial charge >= 0.3 is 0 Å². The topological polar surface area (TPSA) is 82.5 Å². The average molecular weight is 286 g/mol. The van der Waals surface area contributed by atoms with Gasteiger partial charge in [0.05, 0.1) is 24.5 Å². The minimum absolute atomic E-state index is 0.163. The number of hydrogen-bond donors (Lipinski definition) is 2. The molecule has 6 nitrogen and oxygen atoms in total. The number of allylic oxidation sites excluding steroid dienone is 2. The molecule has 21 heavy (non-hydrogen) atoms. The first kappa shape index (κ1) is 13.5. The quantitative estimate of drug-likeness (QED) is 0.845. The van der Waals surface area contributed by atoms with Gasteiger partial charge in [-0.3, -0.25) is 9.59 Å². The van der Waals surface area contributed by atoms with Crippen LogP contribution in [0.15, 0.2) is 30.2 Å². The van der Waals surface area contributed by atoms with Crippen molar-refractivity contribution in [2.75, 3.05) is 6.61 Å². The number of nitrogens with zero attached hydrogens (tertiary/aromatic N) is 2. The van der Waals surface area contributed by atoms with Crippen molar-refractivity contribution in [2.45, 2.75) is 6.61 Å². The van der Waals surface area contributed by atoms with Crippen LogP contribution in [0, 0.1) is 0 Å². The van der Waals surface area contributed by atoms with Crippen LogP contribution in [0.2, 0.25) is 0 Å². The van der Waals surface area contributed by atoms with Crippen LogP contribution in [0.5, 0.6) is 0 Å². The molecule has 108 valence electrons. The van der Waals surface area contributed by atoms with Gasteiger partial charge in [0, 0.05) is 36.8 Å². The predicted molar refractivity (Wildman–Crippen MR) is 75.2 cm³/mol. The normalized spacial score (nSPS) is 16.7. The fraction of sp³-hybridized carbons (Fsp3) is 0.200. The molecule has 0 amide bonds. The van der Waals surface area contributed by atoms with Crippen molar-refractivity contribution >= 4 is 17.6 Å². The maximum absolute atomic E-state index is 12.6. The van der Waals surface area contributed by atoms with E-state index in [0.29, 0.717) is 17.0 Å². The highest BCUT2D eigenvalue weighted by molar-refractivity contribution is 6.25. The lowest BCUT2D eigenvalue weighted by atomic mass is 9.95. The molecule has 0 radical (unpaired) electrons. The number of carbonyl (C=O) groups excluding carboxylic acids is 2. The first-order valence-corrected chi connectivity index (χ1v) is 6.47. The molecule has 0 aromatic carbocycles. The molecule has 2 aliphatic rings. The van der Waals surface area contributed by atoms with Gasteiger partial charge in [0.25, 0.3) is 0 Å². The molecule has 3 rings (SSSR count). The molecular formula is C15H14N2O4. The van der Waals surface area contributed by atoms with Crippen molar-refractivity contribution in [1.82, 2.24) is 9.47 Å². The van der Waals surface area contributed by atoms with Crippen molar-refractivity contribution in [3.05, 3.63) is 52.8 Å². The van der Waals surface area contributed by atoms with Crippen LogP contribution < -0.4 is 0 Å². The Labute approximate surface area is 120 Å². The highest BCUT2D eigenvalue weighted by Gasteiger charge is 2.36. The number of aliphatic hydroxyl groups excluding tert-OH is 2. The zero-order valence-electron chi connectivity index (χ0n) is 11.4. The number of fused-ring (bicyclic) bond motifs is 1. The van der Waals surface area contributed by atoms with E-state index in [4.69, 9.17) is 5.11 Å². The van der Waals surface area contributed by atoms with Gasteiger partial charge in [0.2, 0.25) is 11.6 Å². The van der Waals surface area contributed by atoms with Crippen LogP contribution in [0.4, 0.5) is 0 Å². The smallest absolute Gasteiger partial charge is 0.212 e. The Bertz CT molecular complexity index is 731. The molecular weight excluding hydrogens is 272 g/mol. The van der Waals surface area contributed by atoms with Crippen molar-refractivity contribution < 1.29 is 19.8 Å². The number of Topliss-reactive ketones (excluding diaryl/α,β-unsaturated/α-hetero) is 1. The molecule has 0 spiro atoms. The van der Waals surface area contributed by atoms with E-state index in [1.54, 1.807) is 35.0 Å². The van der Waals surface area contributed by atoms with Crippen LogP contribution in [-0.4, -0.2) is 37.9 Å². The molecule has 1 aliphatic heterocycles. The Morgan fingerprint density at radius 3 is 2.52 bits per heavy atom. The number of rotatable bonds is 4. The van der Waals surface area contributed by atoms with Crippen LogP contribution in [0.3, 0.4) is 0 Å². The molecule has 0 saturated carbocycles. The molecule has 0 unspecified atom stereocenters. The van der Waals surface area contributed by atoms with E-state index < -0.39 is 0 Å². The number of carbonyl (C=O) groups is 2. The zero-order valence-corrected chi connectivity index (χ0v) is 11.4. The Kier molecular flexibility index (Phi) is 3.12. The van der Waals surface area contributed by atoms with Gasteiger partial charge < -0.3 is 19.7 Å². The molecule has 6 heteroatoms. The fourth-order valence-electron chi connectivity index (χ4n) is 2.60. The van der Waals surface area contributed by atoms with Crippen molar-refractivity contribution in [3.63, 3.8) is 0 Å². The SMILES string of the molecule is Cn1c(C=CCO)c(CO)c2c1C(=O)C=C(N1C=C1)C2=O. The van der Waals surface area contributed by atoms with E-state index in [9.17, 15) is 14.7 Å². The van der Waals surface area contributed by atoms with E-state index in [0.717, 1.165) is 0 Å². The number of aromatic nitrogens is 1. The van der Waals surface area contributed by atoms with Crippen LogP contribution in [0.25, 0.3) is 6.08 Å². The van der Waals surface area contributed by atoms with E-state index in [1.165, 1.54) is 12.2 Å².